The van der Waals surface area contributed by atoms with Crippen molar-refractivity contribution in [2.75, 3.05) is 13.7 Å². The summed E-state index contributed by atoms with van der Waals surface area (Å²) in [7, 11) is 1.28. The summed E-state index contributed by atoms with van der Waals surface area (Å²) in [4.78, 5) is 27.7. The number of carbonyl (C=O) groups excluding carboxylic acids is 2. The molecule has 7 heteroatoms. The third kappa shape index (κ3) is 4.29. The number of hydrogen-bond acceptors (Lipinski definition) is 5. The molecule has 0 fully saturated rings. The summed E-state index contributed by atoms with van der Waals surface area (Å²) in [6, 6.07) is 9.56. The topological polar surface area (TPSA) is 65.5 Å². The number of halogens is 2. The summed E-state index contributed by atoms with van der Waals surface area (Å²) in [5, 5.41) is 0.732. The highest BCUT2D eigenvalue weighted by molar-refractivity contribution is 9.10. The van der Waals surface area contributed by atoms with Crippen LogP contribution in [0, 0.1) is 5.82 Å². The first-order valence-electron chi connectivity index (χ1n) is 8.93. The molecule has 0 amide bonds. The smallest absolute Gasteiger partial charge is 0.343 e. The number of rotatable bonds is 6. The van der Waals surface area contributed by atoms with Crippen molar-refractivity contribution in [3.63, 3.8) is 0 Å². The average Bonchev–Trinajstić information content (AvgIpc) is 2.70. The Labute approximate surface area is 176 Å². The maximum Gasteiger partial charge on any atom is 0.343 e. The van der Waals surface area contributed by atoms with Gasteiger partial charge >= 0.3 is 5.97 Å². The number of ether oxygens (including phenoxy) is 2. The van der Waals surface area contributed by atoms with Crippen molar-refractivity contribution in [2.45, 2.75) is 19.8 Å². The molecular weight excluding hydrogens is 441 g/mol. The predicted octanol–water partition coefficient (Wildman–Crippen LogP) is 5.29. The van der Waals surface area contributed by atoms with Crippen molar-refractivity contribution < 1.29 is 23.5 Å². The second-order valence-electron chi connectivity index (χ2n) is 6.74. The number of fused-ring (bicyclic) bond motifs is 1. The van der Waals surface area contributed by atoms with E-state index in [1.54, 1.807) is 24.3 Å². The molecule has 0 aliphatic carbocycles. The van der Waals surface area contributed by atoms with Crippen LogP contribution in [0.1, 0.15) is 35.7 Å². The van der Waals surface area contributed by atoms with Gasteiger partial charge in [0.05, 0.1) is 12.6 Å². The van der Waals surface area contributed by atoms with Gasteiger partial charge < -0.3 is 9.47 Å². The fourth-order valence-corrected chi connectivity index (χ4v) is 3.57. The third-order valence-corrected chi connectivity index (χ3v) is 5.18. The lowest BCUT2D eigenvalue weighted by Gasteiger charge is -2.20. The Morgan fingerprint density at radius 3 is 2.52 bits per heavy atom. The summed E-state index contributed by atoms with van der Waals surface area (Å²) in [5.74, 6) is -0.606. The largest absolute Gasteiger partial charge is 0.466 e. The van der Waals surface area contributed by atoms with Crippen LogP contribution in [0.25, 0.3) is 22.0 Å². The van der Waals surface area contributed by atoms with E-state index >= 15 is 0 Å². The van der Waals surface area contributed by atoms with Crippen LogP contribution in [0.4, 0.5) is 4.39 Å². The van der Waals surface area contributed by atoms with Crippen molar-refractivity contribution in [2.24, 2.45) is 0 Å². The fourth-order valence-electron chi connectivity index (χ4n) is 3.14. The molecule has 0 radical (unpaired) electrons. The van der Waals surface area contributed by atoms with Crippen LogP contribution in [0.3, 0.4) is 0 Å². The van der Waals surface area contributed by atoms with E-state index < -0.39 is 5.97 Å². The minimum atomic E-state index is -0.526. The zero-order valence-electron chi connectivity index (χ0n) is 16.2. The van der Waals surface area contributed by atoms with Crippen LogP contribution < -0.4 is 4.74 Å². The highest BCUT2D eigenvalue weighted by atomic mass is 79.9. The number of pyridine rings is 1. The van der Waals surface area contributed by atoms with E-state index in [2.05, 4.69) is 25.7 Å². The van der Waals surface area contributed by atoms with Crippen molar-refractivity contribution >= 4 is 39.1 Å². The van der Waals surface area contributed by atoms with E-state index in [1.165, 1.54) is 19.2 Å². The molecule has 29 heavy (non-hydrogen) atoms. The third-order valence-electron chi connectivity index (χ3n) is 4.50. The molecule has 0 saturated heterocycles. The van der Waals surface area contributed by atoms with Gasteiger partial charge in [0.2, 0.25) is 5.88 Å². The zero-order valence-corrected chi connectivity index (χ0v) is 17.7. The first-order chi connectivity index (χ1) is 13.8. The molecule has 1 aromatic heterocycles. The van der Waals surface area contributed by atoms with Gasteiger partial charge in [-0.25, -0.2) is 14.2 Å². The van der Waals surface area contributed by atoms with Gasteiger partial charge in [-0.1, -0.05) is 26.0 Å². The molecule has 0 N–H and O–H groups in total. The molecule has 0 saturated carbocycles. The first-order valence-corrected chi connectivity index (χ1v) is 9.72. The quantitative estimate of drug-likeness (QED) is 0.370. The minimum Gasteiger partial charge on any atom is -0.466 e. The molecule has 3 rings (SSSR count). The van der Waals surface area contributed by atoms with Gasteiger partial charge in [0.15, 0.2) is 12.9 Å². The molecule has 0 aliphatic heterocycles. The molecule has 2 aromatic carbocycles. The van der Waals surface area contributed by atoms with Gasteiger partial charge in [-0.3, -0.25) is 4.79 Å². The molecule has 0 bridgehead atoms. The van der Waals surface area contributed by atoms with Crippen LogP contribution >= 0.6 is 15.9 Å². The first kappa shape index (κ1) is 20.9. The molecular formula is C22H19BrFNO4. The maximum atomic E-state index is 13.5. The molecule has 5 nitrogen and oxygen atoms in total. The monoisotopic (exact) mass is 459 g/mol. The van der Waals surface area contributed by atoms with Crippen LogP contribution in [-0.4, -0.2) is 31.0 Å². The minimum absolute atomic E-state index is 0.0251. The van der Waals surface area contributed by atoms with Crippen LogP contribution in [0.5, 0.6) is 5.88 Å². The van der Waals surface area contributed by atoms with E-state index in [-0.39, 0.29) is 18.3 Å². The van der Waals surface area contributed by atoms with Gasteiger partial charge in [0, 0.05) is 21.0 Å². The van der Waals surface area contributed by atoms with Crippen molar-refractivity contribution in [3.05, 3.63) is 57.8 Å². The summed E-state index contributed by atoms with van der Waals surface area (Å²) in [6.07, 6.45) is 0.759. The van der Waals surface area contributed by atoms with Crippen molar-refractivity contribution in [3.8, 4) is 17.0 Å². The summed E-state index contributed by atoms with van der Waals surface area (Å²) >= 11 is 3.38. The Hall–Kier alpha value is -2.80. The molecule has 0 spiro atoms. The van der Waals surface area contributed by atoms with Gasteiger partial charge in [0.1, 0.15) is 5.82 Å². The Balaban J connectivity index is 2.36. The molecule has 0 atom stereocenters. The molecule has 150 valence electrons. The number of benzene rings is 2. The molecule has 3 aromatic rings. The van der Waals surface area contributed by atoms with Crippen LogP contribution in [0.2, 0.25) is 0 Å². The Morgan fingerprint density at radius 2 is 1.93 bits per heavy atom. The Kier molecular flexibility index (Phi) is 6.27. The summed E-state index contributed by atoms with van der Waals surface area (Å²) in [5.41, 5.74) is 3.34. The van der Waals surface area contributed by atoms with Gasteiger partial charge in [-0.15, -0.1) is 0 Å². The number of aromatic nitrogens is 1. The van der Waals surface area contributed by atoms with E-state index in [9.17, 15) is 14.0 Å². The van der Waals surface area contributed by atoms with Crippen molar-refractivity contribution in [1.82, 2.24) is 4.98 Å². The molecule has 0 aliphatic rings. The van der Waals surface area contributed by atoms with Crippen LogP contribution in [0.15, 0.2) is 40.9 Å². The highest BCUT2D eigenvalue weighted by Gasteiger charge is 2.22. The van der Waals surface area contributed by atoms with Gasteiger partial charge in [-0.2, -0.15) is 0 Å². The van der Waals surface area contributed by atoms with E-state index in [1.807, 2.05) is 13.8 Å². The zero-order chi connectivity index (χ0) is 21.1. The second-order valence-corrected chi connectivity index (χ2v) is 7.60. The Bertz CT molecular complexity index is 1080. The maximum absolute atomic E-state index is 13.5. The standard InChI is InChI=1S/C22H19BrFNO4/c1-12(2)20-21(13-4-6-15(24)7-5-13)16-8-14(10-26)17(23)9-18(16)25-22(20)29-11-19(27)28-3/h4-10,12H,11H2,1-3H3. The molecule has 1 heterocycles. The average molecular weight is 460 g/mol. The molecule has 0 unspecified atom stereocenters. The lowest BCUT2D eigenvalue weighted by atomic mass is 9.89. The van der Waals surface area contributed by atoms with Gasteiger partial charge in [0.25, 0.3) is 0 Å². The summed E-state index contributed by atoms with van der Waals surface area (Å²) in [6.45, 7) is 3.66. The number of nitrogens with zero attached hydrogens (tertiary/aromatic N) is 1. The highest BCUT2D eigenvalue weighted by Crippen LogP contribution is 2.41. The number of aldehydes is 1. The van der Waals surface area contributed by atoms with E-state index in [4.69, 9.17) is 4.74 Å². The number of methoxy groups -OCH3 is 1. The lowest BCUT2D eigenvalue weighted by molar-refractivity contribution is -0.143. The van der Waals surface area contributed by atoms with Crippen molar-refractivity contribution in [1.29, 1.82) is 0 Å². The number of hydrogen-bond donors (Lipinski definition) is 0. The Morgan fingerprint density at radius 1 is 1.24 bits per heavy atom. The van der Waals surface area contributed by atoms with E-state index in [0.717, 1.165) is 28.4 Å². The second kappa shape index (κ2) is 8.69. The number of carbonyl (C=O) groups is 2. The summed E-state index contributed by atoms with van der Waals surface area (Å²) < 4.78 is 24.5. The predicted molar refractivity (Wildman–Crippen MR) is 112 cm³/mol. The SMILES string of the molecule is COC(=O)COc1nc2cc(Br)c(C=O)cc2c(-c2ccc(F)cc2)c1C(C)C. The normalized spacial score (nSPS) is 11.0. The number of esters is 1. The van der Waals surface area contributed by atoms with Gasteiger partial charge in [-0.05, 0) is 57.2 Å². The van der Waals surface area contributed by atoms with Crippen LogP contribution in [-0.2, 0) is 9.53 Å². The fraction of sp³-hybridized carbons (Fsp3) is 0.227. The lowest BCUT2D eigenvalue weighted by Crippen LogP contribution is -2.15. The van der Waals surface area contributed by atoms with E-state index in [0.29, 0.717) is 21.4 Å².